The van der Waals surface area contributed by atoms with Crippen molar-refractivity contribution in [2.45, 2.75) is 46.2 Å². The van der Waals surface area contributed by atoms with Gasteiger partial charge in [0, 0.05) is 18.2 Å². The molecule has 2 aromatic carbocycles. The molecule has 29 heavy (non-hydrogen) atoms. The molecule has 0 aliphatic carbocycles. The highest BCUT2D eigenvalue weighted by Crippen LogP contribution is 2.17. The summed E-state index contributed by atoms with van der Waals surface area (Å²) < 4.78 is 11.0. The average molecular weight is 399 g/mol. The summed E-state index contributed by atoms with van der Waals surface area (Å²) in [6.07, 6.45) is 1.82. The molecule has 0 fully saturated rings. The van der Waals surface area contributed by atoms with Crippen molar-refractivity contribution in [1.29, 1.82) is 0 Å². The highest BCUT2D eigenvalue weighted by Gasteiger charge is 2.09. The van der Waals surface area contributed by atoms with E-state index in [-0.39, 0.29) is 24.5 Å². The summed E-state index contributed by atoms with van der Waals surface area (Å²) >= 11 is 0. The zero-order valence-corrected chi connectivity index (χ0v) is 17.4. The van der Waals surface area contributed by atoms with Crippen LogP contribution in [0.15, 0.2) is 48.5 Å². The Labute approximate surface area is 172 Å². The van der Waals surface area contributed by atoms with Gasteiger partial charge in [-0.25, -0.2) is 0 Å². The van der Waals surface area contributed by atoms with Crippen molar-refractivity contribution in [3.8, 4) is 11.5 Å². The first-order chi connectivity index (χ1) is 14.0. The molecule has 6 heteroatoms. The van der Waals surface area contributed by atoms with Gasteiger partial charge >= 0.3 is 0 Å². The number of hydrogen-bond acceptors (Lipinski definition) is 4. The van der Waals surface area contributed by atoms with Gasteiger partial charge in [-0.2, -0.15) is 0 Å². The van der Waals surface area contributed by atoms with E-state index in [9.17, 15) is 9.59 Å². The van der Waals surface area contributed by atoms with Crippen LogP contribution < -0.4 is 20.1 Å². The summed E-state index contributed by atoms with van der Waals surface area (Å²) in [7, 11) is 0. The van der Waals surface area contributed by atoms with Crippen molar-refractivity contribution in [2.75, 3.05) is 13.2 Å². The molecule has 2 N–H and O–H groups in total. The molecule has 0 bridgehead atoms. The van der Waals surface area contributed by atoms with Gasteiger partial charge in [-0.1, -0.05) is 26.0 Å². The molecule has 6 nitrogen and oxygen atoms in total. The molecular formula is C23H30N2O4. The van der Waals surface area contributed by atoms with E-state index < -0.39 is 0 Å². The Kier molecular flexibility index (Phi) is 9.02. The summed E-state index contributed by atoms with van der Waals surface area (Å²) in [6, 6.07) is 14.5. The fraction of sp³-hybridized carbons (Fsp3) is 0.391. The molecule has 0 heterocycles. The maximum Gasteiger partial charge on any atom is 0.258 e. The number of nitrogens with one attached hydrogen (secondary N) is 2. The Hall–Kier alpha value is -3.02. The van der Waals surface area contributed by atoms with E-state index in [2.05, 4.69) is 10.6 Å². The Balaban J connectivity index is 1.79. The van der Waals surface area contributed by atoms with E-state index in [0.29, 0.717) is 24.5 Å². The van der Waals surface area contributed by atoms with E-state index >= 15 is 0 Å². The molecule has 0 aliphatic rings. The quantitative estimate of drug-likeness (QED) is 0.605. The summed E-state index contributed by atoms with van der Waals surface area (Å²) in [5, 5.41) is 5.74. The van der Waals surface area contributed by atoms with E-state index in [1.165, 1.54) is 0 Å². The van der Waals surface area contributed by atoms with Crippen LogP contribution >= 0.6 is 0 Å². The first-order valence-corrected chi connectivity index (χ1v) is 10.0. The second-order valence-electron chi connectivity index (χ2n) is 6.87. The Morgan fingerprint density at radius 3 is 2.34 bits per heavy atom. The largest absolute Gasteiger partial charge is 0.494 e. The lowest BCUT2D eigenvalue weighted by Crippen LogP contribution is -2.32. The fourth-order valence-corrected chi connectivity index (χ4v) is 2.48. The Morgan fingerprint density at radius 1 is 1.00 bits per heavy atom. The summed E-state index contributed by atoms with van der Waals surface area (Å²) in [5.74, 6) is 1.04. The maximum absolute atomic E-state index is 12.2. The lowest BCUT2D eigenvalue weighted by Gasteiger charge is -2.12. The van der Waals surface area contributed by atoms with Gasteiger partial charge in [0.2, 0.25) is 0 Å². The standard InChI is InChI=1S/C23H30N2O4/c1-4-13-28-20-9-11-21(12-10-20)29-16-22(26)24-15-18-7-6-8-19(14-18)23(27)25-17(3)5-2/h6-12,14,17H,4-5,13,15-16H2,1-3H3,(H,24,26)(H,25,27). The van der Waals surface area contributed by atoms with Crippen LogP contribution in [0.2, 0.25) is 0 Å². The number of hydrogen-bond donors (Lipinski definition) is 2. The van der Waals surface area contributed by atoms with Crippen LogP contribution in [0.25, 0.3) is 0 Å². The van der Waals surface area contributed by atoms with Crippen LogP contribution in [-0.2, 0) is 11.3 Å². The third kappa shape index (κ3) is 7.86. The third-order valence-electron chi connectivity index (χ3n) is 4.34. The fourth-order valence-electron chi connectivity index (χ4n) is 2.48. The van der Waals surface area contributed by atoms with Crippen LogP contribution in [-0.4, -0.2) is 31.1 Å². The normalized spacial score (nSPS) is 11.4. The van der Waals surface area contributed by atoms with Crippen molar-refractivity contribution in [3.05, 3.63) is 59.7 Å². The smallest absolute Gasteiger partial charge is 0.258 e. The Morgan fingerprint density at radius 2 is 1.69 bits per heavy atom. The van der Waals surface area contributed by atoms with Crippen molar-refractivity contribution in [1.82, 2.24) is 10.6 Å². The molecule has 0 spiro atoms. The zero-order valence-electron chi connectivity index (χ0n) is 17.4. The van der Waals surface area contributed by atoms with Gasteiger partial charge in [-0.3, -0.25) is 9.59 Å². The second-order valence-corrected chi connectivity index (χ2v) is 6.87. The average Bonchev–Trinajstić information content (AvgIpc) is 2.75. The van der Waals surface area contributed by atoms with Crippen molar-refractivity contribution >= 4 is 11.8 Å². The van der Waals surface area contributed by atoms with Crippen LogP contribution in [0, 0.1) is 0 Å². The SMILES string of the molecule is CCCOc1ccc(OCC(=O)NCc2cccc(C(=O)NC(C)CC)c2)cc1. The maximum atomic E-state index is 12.2. The topological polar surface area (TPSA) is 76.7 Å². The first kappa shape index (κ1) is 22.3. The predicted octanol–water partition coefficient (Wildman–Crippen LogP) is 3.70. The number of rotatable bonds is 11. The van der Waals surface area contributed by atoms with Gasteiger partial charge < -0.3 is 20.1 Å². The minimum absolute atomic E-state index is 0.0800. The van der Waals surface area contributed by atoms with Crippen LogP contribution in [0.4, 0.5) is 0 Å². The molecule has 1 atom stereocenters. The molecule has 0 radical (unpaired) electrons. The summed E-state index contributed by atoms with van der Waals surface area (Å²) in [6.45, 7) is 6.96. The van der Waals surface area contributed by atoms with Crippen LogP contribution in [0.5, 0.6) is 11.5 Å². The van der Waals surface area contributed by atoms with Gasteiger partial charge in [0.05, 0.1) is 6.61 Å². The first-order valence-electron chi connectivity index (χ1n) is 10.0. The van der Waals surface area contributed by atoms with Crippen molar-refractivity contribution in [3.63, 3.8) is 0 Å². The minimum Gasteiger partial charge on any atom is -0.494 e. The van der Waals surface area contributed by atoms with Gasteiger partial charge in [0.1, 0.15) is 11.5 Å². The lowest BCUT2D eigenvalue weighted by molar-refractivity contribution is -0.123. The molecule has 2 amide bonds. The lowest BCUT2D eigenvalue weighted by atomic mass is 10.1. The number of carbonyl (C=O) groups is 2. The van der Waals surface area contributed by atoms with Crippen LogP contribution in [0.1, 0.15) is 49.5 Å². The van der Waals surface area contributed by atoms with E-state index in [4.69, 9.17) is 9.47 Å². The molecule has 0 saturated heterocycles. The van der Waals surface area contributed by atoms with Crippen molar-refractivity contribution < 1.29 is 19.1 Å². The number of ether oxygens (including phenoxy) is 2. The molecule has 1 unspecified atom stereocenters. The van der Waals surface area contributed by atoms with Gasteiger partial charge in [0.25, 0.3) is 11.8 Å². The van der Waals surface area contributed by atoms with E-state index in [0.717, 1.165) is 24.2 Å². The Bertz CT molecular complexity index is 790. The highest BCUT2D eigenvalue weighted by molar-refractivity contribution is 5.94. The van der Waals surface area contributed by atoms with Gasteiger partial charge in [0.15, 0.2) is 6.61 Å². The predicted molar refractivity (Wildman–Crippen MR) is 113 cm³/mol. The second kappa shape index (κ2) is 11.7. The monoisotopic (exact) mass is 398 g/mol. The van der Waals surface area contributed by atoms with Crippen molar-refractivity contribution in [2.24, 2.45) is 0 Å². The zero-order chi connectivity index (χ0) is 21.1. The van der Waals surface area contributed by atoms with E-state index in [1.54, 1.807) is 24.3 Å². The molecule has 2 rings (SSSR count). The van der Waals surface area contributed by atoms with E-state index in [1.807, 2.05) is 45.0 Å². The molecule has 0 aromatic heterocycles. The van der Waals surface area contributed by atoms with Gasteiger partial charge in [-0.15, -0.1) is 0 Å². The minimum atomic E-state index is -0.231. The molecule has 0 aliphatic heterocycles. The summed E-state index contributed by atoms with van der Waals surface area (Å²) in [5.41, 5.74) is 1.44. The number of benzene rings is 2. The molecule has 2 aromatic rings. The summed E-state index contributed by atoms with van der Waals surface area (Å²) in [4.78, 5) is 24.3. The van der Waals surface area contributed by atoms with Gasteiger partial charge in [-0.05, 0) is 61.7 Å². The highest BCUT2D eigenvalue weighted by atomic mass is 16.5. The molecular weight excluding hydrogens is 368 g/mol. The van der Waals surface area contributed by atoms with Crippen LogP contribution in [0.3, 0.4) is 0 Å². The number of amides is 2. The molecule has 156 valence electrons. The third-order valence-corrected chi connectivity index (χ3v) is 4.34. The number of carbonyl (C=O) groups excluding carboxylic acids is 2. The molecule has 0 saturated carbocycles.